The second-order valence-electron chi connectivity index (χ2n) is 5.33. The Bertz CT molecular complexity index is 962. The molecule has 4 rings (SSSR count). The van der Waals surface area contributed by atoms with E-state index in [1.807, 2.05) is 53.1 Å². The Morgan fingerprint density at radius 2 is 1.79 bits per heavy atom. The lowest BCUT2D eigenvalue weighted by molar-refractivity contribution is 0.415. The van der Waals surface area contributed by atoms with Crippen molar-refractivity contribution in [2.75, 3.05) is 12.4 Å². The predicted octanol–water partition coefficient (Wildman–Crippen LogP) is 4.15. The molecule has 2 heterocycles. The van der Waals surface area contributed by atoms with E-state index in [1.54, 1.807) is 19.5 Å². The van der Waals surface area contributed by atoms with E-state index in [1.165, 1.54) is 0 Å². The number of imidazole rings is 1. The third-order valence-corrected chi connectivity index (χ3v) is 3.83. The van der Waals surface area contributed by atoms with Crippen molar-refractivity contribution in [2.45, 2.75) is 0 Å². The first-order chi connectivity index (χ1) is 11.8. The molecule has 4 aromatic rings. The monoisotopic (exact) mass is 316 g/mol. The minimum Gasteiger partial charge on any atom is -0.497 e. The van der Waals surface area contributed by atoms with E-state index in [0.29, 0.717) is 0 Å². The number of ether oxygens (including phenoxy) is 1. The van der Waals surface area contributed by atoms with Gasteiger partial charge in [0.25, 0.3) is 0 Å². The van der Waals surface area contributed by atoms with Gasteiger partial charge in [-0.2, -0.15) is 0 Å². The topological polar surface area (TPSA) is 51.5 Å². The van der Waals surface area contributed by atoms with Gasteiger partial charge in [-0.25, -0.2) is 4.98 Å². The molecular formula is C19H16N4O. The molecule has 2 aromatic heterocycles. The van der Waals surface area contributed by atoms with Crippen LogP contribution in [-0.2, 0) is 0 Å². The van der Waals surface area contributed by atoms with Gasteiger partial charge in [-0.15, -0.1) is 0 Å². The average molecular weight is 316 g/mol. The molecule has 2 aromatic carbocycles. The Kier molecular flexibility index (Phi) is 3.59. The number of methoxy groups -OCH3 is 1. The third-order valence-electron chi connectivity index (χ3n) is 3.83. The van der Waals surface area contributed by atoms with E-state index < -0.39 is 0 Å². The van der Waals surface area contributed by atoms with Crippen LogP contribution >= 0.6 is 0 Å². The summed E-state index contributed by atoms with van der Waals surface area (Å²) >= 11 is 0. The molecular weight excluding hydrogens is 300 g/mol. The number of aromatic nitrogens is 3. The molecule has 5 heteroatoms. The van der Waals surface area contributed by atoms with Crippen LogP contribution in [0.2, 0.25) is 0 Å². The van der Waals surface area contributed by atoms with Crippen LogP contribution in [0.5, 0.6) is 5.75 Å². The van der Waals surface area contributed by atoms with Gasteiger partial charge in [0.2, 0.25) is 0 Å². The summed E-state index contributed by atoms with van der Waals surface area (Å²) in [5.41, 5.74) is 3.70. The van der Waals surface area contributed by atoms with Crippen LogP contribution in [-0.4, -0.2) is 21.5 Å². The second-order valence-corrected chi connectivity index (χ2v) is 5.33. The molecule has 1 N–H and O–H groups in total. The Hall–Kier alpha value is -3.34. The van der Waals surface area contributed by atoms with Crippen molar-refractivity contribution in [2.24, 2.45) is 0 Å². The van der Waals surface area contributed by atoms with E-state index in [9.17, 15) is 0 Å². The Balaban J connectivity index is 1.83. The zero-order chi connectivity index (χ0) is 16.4. The van der Waals surface area contributed by atoms with Gasteiger partial charge in [0.1, 0.15) is 17.3 Å². The molecule has 0 aliphatic rings. The Labute approximate surface area is 139 Å². The van der Waals surface area contributed by atoms with Gasteiger partial charge in [-0.05, 0) is 24.3 Å². The summed E-state index contributed by atoms with van der Waals surface area (Å²) in [6.45, 7) is 0. The summed E-state index contributed by atoms with van der Waals surface area (Å²) < 4.78 is 7.21. The van der Waals surface area contributed by atoms with E-state index in [-0.39, 0.29) is 0 Å². The van der Waals surface area contributed by atoms with Gasteiger partial charge in [-0.3, -0.25) is 9.38 Å². The first-order valence-corrected chi connectivity index (χ1v) is 7.64. The van der Waals surface area contributed by atoms with Crippen LogP contribution in [0, 0.1) is 0 Å². The van der Waals surface area contributed by atoms with Crippen LogP contribution < -0.4 is 10.1 Å². The maximum absolute atomic E-state index is 5.21. The highest BCUT2D eigenvalue weighted by molar-refractivity contribution is 5.79. The Morgan fingerprint density at radius 1 is 1.00 bits per heavy atom. The average Bonchev–Trinajstić information content (AvgIpc) is 3.02. The smallest absolute Gasteiger partial charge is 0.157 e. The van der Waals surface area contributed by atoms with Crippen LogP contribution in [0.3, 0.4) is 0 Å². The lowest BCUT2D eigenvalue weighted by Gasteiger charge is -2.09. The molecule has 0 atom stereocenters. The van der Waals surface area contributed by atoms with E-state index in [0.717, 1.165) is 34.2 Å². The number of fused-ring (bicyclic) bond motifs is 1. The molecule has 0 aliphatic heterocycles. The summed E-state index contributed by atoms with van der Waals surface area (Å²) in [6, 6.07) is 17.9. The quantitative estimate of drug-likeness (QED) is 0.614. The van der Waals surface area contributed by atoms with Crippen LogP contribution in [0.4, 0.5) is 11.5 Å². The van der Waals surface area contributed by atoms with Crippen molar-refractivity contribution in [1.29, 1.82) is 0 Å². The highest BCUT2D eigenvalue weighted by atomic mass is 16.5. The van der Waals surface area contributed by atoms with Gasteiger partial charge in [-0.1, -0.05) is 30.3 Å². The zero-order valence-electron chi connectivity index (χ0n) is 13.2. The normalized spacial score (nSPS) is 10.7. The zero-order valence-corrected chi connectivity index (χ0v) is 13.2. The van der Waals surface area contributed by atoms with Crippen molar-refractivity contribution >= 4 is 17.2 Å². The SMILES string of the molecule is COc1ccc(Nc2c(-c3ccccc3)nc3cnccn23)cc1. The molecule has 0 amide bonds. The largest absolute Gasteiger partial charge is 0.497 e. The lowest BCUT2D eigenvalue weighted by Crippen LogP contribution is -1.97. The highest BCUT2D eigenvalue weighted by Crippen LogP contribution is 2.31. The number of hydrogen-bond acceptors (Lipinski definition) is 4. The van der Waals surface area contributed by atoms with Crippen molar-refractivity contribution in [1.82, 2.24) is 14.4 Å². The van der Waals surface area contributed by atoms with Gasteiger partial charge in [0, 0.05) is 23.6 Å². The number of benzene rings is 2. The van der Waals surface area contributed by atoms with Gasteiger partial charge < -0.3 is 10.1 Å². The molecule has 0 unspecified atom stereocenters. The van der Waals surface area contributed by atoms with Crippen molar-refractivity contribution in [3.63, 3.8) is 0 Å². The number of hydrogen-bond donors (Lipinski definition) is 1. The molecule has 0 fully saturated rings. The van der Waals surface area contributed by atoms with Gasteiger partial charge in [0.15, 0.2) is 5.65 Å². The van der Waals surface area contributed by atoms with E-state index >= 15 is 0 Å². The van der Waals surface area contributed by atoms with Crippen molar-refractivity contribution in [3.8, 4) is 17.0 Å². The fourth-order valence-corrected chi connectivity index (χ4v) is 2.63. The molecule has 0 saturated carbocycles. The van der Waals surface area contributed by atoms with Crippen molar-refractivity contribution in [3.05, 3.63) is 73.2 Å². The first-order valence-electron chi connectivity index (χ1n) is 7.64. The maximum Gasteiger partial charge on any atom is 0.157 e. The fourth-order valence-electron chi connectivity index (χ4n) is 2.63. The number of anilines is 2. The maximum atomic E-state index is 5.21. The number of rotatable bonds is 4. The molecule has 0 spiro atoms. The van der Waals surface area contributed by atoms with Gasteiger partial charge >= 0.3 is 0 Å². The minimum atomic E-state index is 0.798. The lowest BCUT2D eigenvalue weighted by atomic mass is 10.1. The molecule has 5 nitrogen and oxygen atoms in total. The third kappa shape index (κ3) is 2.56. The van der Waals surface area contributed by atoms with Crippen molar-refractivity contribution < 1.29 is 4.74 Å². The summed E-state index contributed by atoms with van der Waals surface area (Å²) in [5.74, 6) is 1.73. The predicted molar refractivity (Wildman–Crippen MR) is 94.7 cm³/mol. The van der Waals surface area contributed by atoms with Gasteiger partial charge in [0.05, 0.1) is 13.3 Å². The number of nitrogens with one attached hydrogen (secondary N) is 1. The molecule has 0 radical (unpaired) electrons. The molecule has 0 bridgehead atoms. The molecule has 0 aliphatic carbocycles. The van der Waals surface area contributed by atoms with E-state index in [4.69, 9.17) is 9.72 Å². The fraction of sp³-hybridized carbons (Fsp3) is 0.0526. The summed E-state index contributed by atoms with van der Waals surface area (Å²) in [5, 5.41) is 3.46. The number of nitrogens with zero attached hydrogens (tertiary/aromatic N) is 3. The highest BCUT2D eigenvalue weighted by Gasteiger charge is 2.14. The van der Waals surface area contributed by atoms with Crippen LogP contribution in [0.25, 0.3) is 16.9 Å². The Morgan fingerprint density at radius 3 is 2.54 bits per heavy atom. The minimum absolute atomic E-state index is 0.798. The second kappa shape index (κ2) is 6.04. The summed E-state index contributed by atoms with van der Waals surface area (Å²) in [4.78, 5) is 8.89. The summed E-state index contributed by atoms with van der Waals surface area (Å²) in [6.07, 6.45) is 5.41. The van der Waals surface area contributed by atoms with Crippen LogP contribution in [0.15, 0.2) is 73.2 Å². The van der Waals surface area contributed by atoms with Crippen LogP contribution in [0.1, 0.15) is 0 Å². The molecule has 0 saturated heterocycles. The van der Waals surface area contributed by atoms with E-state index in [2.05, 4.69) is 22.4 Å². The first kappa shape index (κ1) is 14.3. The molecule has 118 valence electrons. The standard InChI is InChI=1S/C19H16N4O/c1-24-16-9-7-15(8-10-16)21-19-18(14-5-3-2-4-6-14)22-17-13-20-11-12-23(17)19/h2-13,21H,1H3. The molecule has 24 heavy (non-hydrogen) atoms. The summed E-state index contributed by atoms with van der Waals surface area (Å²) in [7, 11) is 1.66.